The van der Waals surface area contributed by atoms with Gasteiger partial charge in [-0.15, -0.1) is 0 Å². The molecule has 5 nitrogen and oxygen atoms in total. The molecule has 1 fully saturated rings. The van der Waals surface area contributed by atoms with Crippen molar-refractivity contribution in [2.24, 2.45) is 5.92 Å². The number of carboxylic acids is 1. The largest absolute Gasteiger partial charge is 0.481 e. The Balaban J connectivity index is 2.15. The summed E-state index contributed by atoms with van der Waals surface area (Å²) in [5, 5.41) is 14.2. The summed E-state index contributed by atoms with van der Waals surface area (Å²) >= 11 is 0. The summed E-state index contributed by atoms with van der Waals surface area (Å²) in [4.78, 5) is 21.5. The van der Waals surface area contributed by atoms with E-state index in [0.717, 1.165) is 19.3 Å². The Kier molecular flexibility index (Phi) is 4.58. The highest BCUT2D eigenvalue weighted by Crippen LogP contribution is 2.15. The minimum Gasteiger partial charge on any atom is -0.481 e. The lowest BCUT2D eigenvalue weighted by molar-refractivity contribution is -0.138. The topological polar surface area (TPSA) is 78.4 Å². The highest BCUT2D eigenvalue weighted by molar-refractivity contribution is 5.77. The highest BCUT2D eigenvalue weighted by atomic mass is 16.4. The van der Waals surface area contributed by atoms with Gasteiger partial charge in [0.25, 0.3) is 0 Å². The summed E-state index contributed by atoms with van der Waals surface area (Å²) in [6.07, 6.45) is 2.98. The van der Waals surface area contributed by atoms with E-state index in [-0.39, 0.29) is 30.5 Å². The normalized spacial score (nSPS) is 26.0. The van der Waals surface area contributed by atoms with Crippen LogP contribution in [0, 0.1) is 5.92 Å². The van der Waals surface area contributed by atoms with Gasteiger partial charge >= 0.3 is 12.0 Å². The first-order chi connectivity index (χ1) is 7.49. The average molecular weight is 228 g/mol. The van der Waals surface area contributed by atoms with Crippen LogP contribution in [0.25, 0.3) is 0 Å². The van der Waals surface area contributed by atoms with Gasteiger partial charge in [-0.05, 0) is 19.3 Å². The molecule has 0 spiro atoms. The molecular weight excluding hydrogens is 208 g/mol. The van der Waals surface area contributed by atoms with Gasteiger partial charge in [0, 0.05) is 12.5 Å². The lowest BCUT2D eigenvalue weighted by atomic mass is 9.97. The maximum Gasteiger partial charge on any atom is 0.315 e. The van der Waals surface area contributed by atoms with Crippen LogP contribution in [0.15, 0.2) is 0 Å². The van der Waals surface area contributed by atoms with Crippen molar-refractivity contribution < 1.29 is 14.7 Å². The van der Waals surface area contributed by atoms with Gasteiger partial charge < -0.3 is 15.7 Å². The van der Waals surface area contributed by atoms with E-state index >= 15 is 0 Å². The third-order valence-electron chi connectivity index (χ3n) is 3.01. The van der Waals surface area contributed by atoms with Crippen LogP contribution < -0.4 is 10.6 Å². The molecule has 0 aromatic heterocycles. The maximum absolute atomic E-state index is 11.0. The molecule has 16 heavy (non-hydrogen) atoms. The van der Waals surface area contributed by atoms with Crippen LogP contribution in [0.4, 0.5) is 4.79 Å². The second-order valence-corrected chi connectivity index (χ2v) is 4.65. The van der Waals surface area contributed by atoms with Gasteiger partial charge in [-0.1, -0.05) is 19.8 Å². The van der Waals surface area contributed by atoms with Gasteiger partial charge in [0.05, 0.1) is 6.04 Å². The lowest BCUT2D eigenvalue weighted by Crippen LogP contribution is -2.30. The van der Waals surface area contributed by atoms with Gasteiger partial charge in [0.1, 0.15) is 0 Å². The van der Waals surface area contributed by atoms with Crippen LogP contribution in [0.5, 0.6) is 0 Å². The third kappa shape index (κ3) is 4.08. The van der Waals surface area contributed by atoms with E-state index in [4.69, 9.17) is 5.11 Å². The number of carbonyl (C=O) groups excluding carboxylic acids is 1. The molecule has 0 radical (unpaired) electrons. The fourth-order valence-electron chi connectivity index (χ4n) is 2.05. The zero-order chi connectivity index (χ0) is 12.1. The Morgan fingerprint density at radius 1 is 1.50 bits per heavy atom. The zero-order valence-electron chi connectivity index (χ0n) is 9.82. The van der Waals surface area contributed by atoms with E-state index in [0.29, 0.717) is 0 Å². The van der Waals surface area contributed by atoms with Gasteiger partial charge in [0.15, 0.2) is 0 Å². The van der Waals surface area contributed by atoms with Gasteiger partial charge in [-0.3, -0.25) is 4.79 Å². The number of urea groups is 1. The van der Waals surface area contributed by atoms with Crippen molar-refractivity contribution in [2.75, 3.05) is 0 Å². The summed E-state index contributed by atoms with van der Waals surface area (Å²) in [5.41, 5.74) is 0. The number of carbonyl (C=O) groups is 2. The Hall–Kier alpha value is -1.26. The van der Waals surface area contributed by atoms with Crippen LogP contribution in [0.2, 0.25) is 0 Å². The summed E-state index contributed by atoms with van der Waals surface area (Å²) in [6, 6.07) is 0.253. The first-order valence-corrected chi connectivity index (χ1v) is 5.78. The van der Waals surface area contributed by atoms with Crippen LogP contribution in [-0.4, -0.2) is 29.2 Å². The van der Waals surface area contributed by atoms with Gasteiger partial charge in [-0.25, -0.2) is 4.79 Å². The molecule has 3 unspecified atom stereocenters. The summed E-state index contributed by atoms with van der Waals surface area (Å²) in [5.74, 6) is -0.533. The number of carboxylic acid groups (broad SMARTS) is 1. The Bertz CT molecular complexity index is 268. The smallest absolute Gasteiger partial charge is 0.315 e. The maximum atomic E-state index is 11.0. The Labute approximate surface area is 95.6 Å². The molecule has 0 saturated carbocycles. The van der Waals surface area contributed by atoms with Gasteiger partial charge in [-0.2, -0.15) is 0 Å². The van der Waals surface area contributed by atoms with Crippen LogP contribution in [-0.2, 0) is 4.79 Å². The molecule has 92 valence electrons. The summed E-state index contributed by atoms with van der Waals surface area (Å²) < 4.78 is 0. The van der Waals surface area contributed by atoms with E-state index in [2.05, 4.69) is 10.6 Å². The summed E-state index contributed by atoms with van der Waals surface area (Å²) in [7, 11) is 0. The van der Waals surface area contributed by atoms with E-state index in [9.17, 15) is 9.59 Å². The number of hydrogen-bond donors (Lipinski definition) is 3. The predicted molar refractivity (Wildman–Crippen MR) is 60.2 cm³/mol. The first-order valence-electron chi connectivity index (χ1n) is 5.78. The highest BCUT2D eigenvalue weighted by Gasteiger charge is 2.27. The van der Waals surface area contributed by atoms with Crippen molar-refractivity contribution in [3.05, 3.63) is 0 Å². The SMILES string of the molecule is CC(CCCC1NC(=O)NC1C)CC(=O)O. The number of rotatable bonds is 6. The quantitative estimate of drug-likeness (QED) is 0.642. The van der Waals surface area contributed by atoms with E-state index in [1.807, 2.05) is 13.8 Å². The Morgan fingerprint density at radius 3 is 2.69 bits per heavy atom. The number of aliphatic carboxylic acids is 1. The van der Waals surface area contributed by atoms with Crippen molar-refractivity contribution >= 4 is 12.0 Å². The molecule has 5 heteroatoms. The minimum atomic E-state index is -0.739. The molecule has 0 aromatic carbocycles. The first kappa shape index (κ1) is 12.8. The fraction of sp³-hybridized carbons (Fsp3) is 0.818. The molecule has 1 saturated heterocycles. The molecule has 1 rings (SSSR count). The fourth-order valence-corrected chi connectivity index (χ4v) is 2.05. The molecule has 0 aliphatic carbocycles. The van der Waals surface area contributed by atoms with E-state index < -0.39 is 5.97 Å². The molecule has 3 N–H and O–H groups in total. The molecule has 3 atom stereocenters. The van der Waals surface area contributed by atoms with Crippen molar-refractivity contribution in [1.82, 2.24) is 10.6 Å². The average Bonchev–Trinajstić information content (AvgIpc) is 2.44. The van der Waals surface area contributed by atoms with Crippen molar-refractivity contribution in [1.29, 1.82) is 0 Å². The van der Waals surface area contributed by atoms with Gasteiger partial charge in [0.2, 0.25) is 0 Å². The van der Waals surface area contributed by atoms with Crippen LogP contribution >= 0.6 is 0 Å². The standard InChI is InChI=1S/C11H20N2O3/c1-7(6-10(14)15)4-3-5-9-8(2)12-11(16)13-9/h7-9H,3-6H2,1-2H3,(H,14,15)(H2,12,13,16). The molecule has 1 aliphatic rings. The lowest BCUT2D eigenvalue weighted by Gasteiger charge is -2.15. The molecule has 1 heterocycles. The Morgan fingerprint density at radius 2 is 2.19 bits per heavy atom. The van der Waals surface area contributed by atoms with E-state index in [1.54, 1.807) is 0 Å². The summed E-state index contributed by atoms with van der Waals surface area (Å²) in [6.45, 7) is 3.92. The molecule has 0 aromatic rings. The minimum absolute atomic E-state index is 0.101. The second-order valence-electron chi connectivity index (χ2n) is 4.65. The number of hydrogen-bond acceptors (Lipinski definition) is 2. The monoisotopic (exact) mass is 228 g/mol. The third-order valence-corrected chi connectivity index (χ3v) is 3.01. The van der Waals surface area contributed by atoms with Crippen molar-refractivity contribution in [3.8, 4) is 0 Å². The number of amides is 2. The van der Waals surface area contributed by atoms with E-state index in [1.165, 1.54) is 0 Å². The second kappa shape index (κ2) is 5.72. The predicted octanol–water partition coefficient (Wildman–Crippen LogP) is 1.34. The zero-order valence-corrected chi connectivity index (χ0v) is 9.82. The molecular formula is C11H20N2O3. The molecule has 0 bridgehead atoms. The van der Waals surface area contributed by atoms with Crippen LogP contribution in [0.1, 0.15) is 39.5 Å². The van der Waals surface area contributed by atoms with Crippen molar-refractivity contribution in [3.63, 3.8) is 0 Å². The molecule has 2 amide bonds. The number of nitrogens with one attached hydrogen (secondary N) is 2. The van der Waals surface area contributed by atoms with Crippen LogP contribution in [0.3, 0.4) is 0 Å². The molecule has 1 aliphatic heterocycles. The van der Waals surface area contributed by atoms with Crippen molar-refractivity contribution in [2.45, 2.75) is 51.6 Å².